The number of hydrogen-bond donors (Lipinski definition) is 1. The summed E-state index contributed by atoms with van der Waals surface area (Å²) in [5, 5.41) is 0. The van der Waals surface area contributed by atoms with Crippen LogP contribution in [-0.2, 0) is 4.79 Å². The second-order valence-electron chi connectivity index (χ2n) is 3.70. The van der Waals surface area contributed by atoms with Crippen LogP contribution in [0.25, 0.3) is 0 Å². The summed E-state index contributed by atoms with van der Waals surface area (Å²) in [5.41, 5.74) is 4.80. The Morgan fingerprint density at radius 2 is 2.14 bits per heavy atom. The number of likely N-dealkylation sites (tertiary alicyclic amines) is 1. The van der Waals surface area contributed by atoms with E-state index in [0.29, 0.717) is 13.1 Å². The van der Waals surface area contributed by atoms with Crippen LogP contribution in [-0.4, -0.2) is 36.1 Å². The van der Waals surface area contributed by atoms with E-state index in [-0.39, 0.29) is 5.92 Å². The lowest BCUT2D eigenvalue weighted by Gasteiger charge is -2.22. The maximum Gasteiger partial charge on any atom is 0.412 e. The van der Waals surface area contributed by atoms with Crippen LogP contribution in [0.2, 0.25) is 0 Å². The molecule has 0 saturated carbocycles. The Kier molecular flexibility index (Phi) is 3.04. The molecule has 1 rings (SSSR count). The molecule has 0 aromatic heterocycles. The second kappa shape index (κ2) is 3.76. The molecule has 0 spiro atoms. The van der Waals surface area contributed by atoms with Gasteiger partial charge in [0.25, 0.3) is 0 Å². The van der Waals surface area contributed by atoms with Crippen molar-refractivity contribution in [2.75, 3.05) is 13.1 Å². The molecule has 0 radical (unpaired) electrons. The van der Waals surface area contributed by atoms with Gasteiger partial charge in [-0.2, -0.15) is 13.2 Å². The van der Waals surface area contributed by atoms with Gasteiger partial charge in [0.2, 0.25) is 5.91 Å². The molecule has 6 heteroatoms. The summed E-state index contributed by atoms with van der Waals surface area (Å²) in [4.78, 5) is 12.4. The van der Waals surface area contributed by atoms with Crippen LogP contribution in [0.3, 0.4) is 0 Å². The predicted molar refractivity (Wildman–Crippen MR) is 44.4 cm³/mol. The zero-order valence-corrected chi connectivity index (χ0v) is 7.84. The van der Waals surface area contributed by atoms with Crippen LogP contribution in [0.5, 0.6) is 0 Å². The van der Waals surface area contributed by atoms with Gasteiger partial charge >= 0.3 is 6.18 Å². The summed E-state index contributed by atoms with van der Waals surface area (Å²) in [5.74, 6) is -0.749. The van der Waals surface area contributed by atoms with E-state index in [2.05, 4.69) is 0 Å². The third-order valence-corrected chi connectivity index (χ3v) is 2.35. The number of carbonyl (C=O) groups is 1. The Hall–Kier alpha value is -0.780. The molecule has 1 heterocycles. The predicted octanol–water partition coefficient (Wildman–Crippen LogP) is 0.744. The molecule has 0 bridgehead atoms. The van der Waals surface area contributed by atoms with Gasteiger partial charge < -0.3 is 10.6 Å². The van der Waals surface area contributed by atoms with E-state index in [4.69, 9.17) is 5.73 Å². The first-order valence-corrected chi connectivity index (χ1v) is 4.43. The standard InChI is InChI=1S/C8H13F3N2O/c1-5-2-3-13(4-5)7(14)6(12)8(9,10)11/h5-6H,2-4,12H2,1H3. The number of rotatable bonds is 1. The van der Waals surface area contributed by atoms with Gasteiger partial charge in [-0.05, 0) is 12.3 Å². The molecule has 1 amide bonds. The lowest BCUT2D eigenvalue weighted by Crippen LogP contribution is -2.51. The summed E-state index contributed by atoms with van der Waals surface area (Å²) in [6.45, 7) is 2.65. The number of nitrogens with two attached hydrogens (primary N) is 1. The number of carbonyl (C=O) groups excluding carboxylic acids is 1. The van der Waals surface area contributed by atoms with Gasteiger partial charge in [-0.3, -0.25) is 4.79 Å². The Morgan fingerprint density at radius 3 is 2.50 bits per heavy atom. The maximum atomic E-state index is 12.1. The molecule has 0 aliphatic carbocycles. The fraction of sp³-hybridized carbons (Fsp3) is 0.875. The van der Waals surface area contributed by atoms with Crippen LogP contribution in [0.1, 0.15) is 13.3 Å². The SMILES string of the molecule is CC1CCN(C(=O)C(N)C(F)(F)F)C1. The van der Waals surface area contributed by atoms with Crippen molar-refractivity contribution >= 4 is 5.91 Å². The van der Waals surface area contributed by atoms with Gasteiger partial charge in [-0.25, -0.2) is 0 Å². The first-order chi connectivity index (χ1) is 6.32. The molecule has 2 atom stereocenters. The maximum absolute atomic E-state index is 12.1. The van der Waals surface area contributed by atoms with Gasteiger partial charge in [0.15, 0.2) is 6.04 Å². The number of amides is 1. The van der Waals surface area contributed by atoms with Crippen molar-refractivity contribution in [3.05, 3.63) is 0 Å². The quantitative estimate of drug-likeness (QED) is 0.694. The van der Waals surface area contributed by atoms with Crippen molar-refractivity contribution in [2.24, 2.45) is 11.7 Å². The van der Waals surface area contributed by atoms with E-state index < -0.39 is 18.1 Å². The summed E-state index contributed by atoms with van der Waals surface area (Å²) in [6, 6.07) is -2.37. The molecule has 1 saturated heterocycles. The summed E-state index contributed by atoms with van der Waals surface area (Å²) >= 11 is 0. The first-order valence-electron chi connectivity index (χ1n) is 4.43. The van der Waals surface area contributed by atoms with Gasteiger partial charge in [-0.1, -0.05) is 6.92 Å². The number of alkyl halides is 3. The molecule has 0 aromatic carbocycles. The first kappa shape index (κ1) is 11.3. The minimum absolute atomic E-state index is 0.263. The highest BCUT2D eigenvalue weighted by Crippen LogP contribution is 2.23. The molecule has 0 aromatic rings. The zero-order valence-electron chi connectivity index (χ0n) is 7.84. The van der Waals surface area contributed by atoms with E-state index >= 15 is 0 Å². The van der Waals surface area contributed by atoms with Gasteiger partial charge in [0, 0.05) is 13.1 Å². The molecule has 3 nitrogen and oxygen atoms in total. The van der Waals surface area contributed by atoms with E-state index in [0.717, 1.165) is 6.42 Å². The summed E-state index contributed by atoms with van der Waals surface area (Å²) in [7, 11) is 0. The second-order valence-corrected chi connectivity index (χ2v) is 3.70. The minimum atomic E-state index is -4.64. The number of nitrogens with zero attached hydrogens (tertiary/aromatic N) is 1. The van der Waals surface area contributed by atoms with Crippen molar-refractivity contribution < 1.29 is 18.0 Å². The summed E-state index contributed by atoms with van der Waals surface area (Å²) in [6.07, 6.45) is -3.89. The Morgan fingerprint density at radius 1 is 1.57 bits per heavy atom. The molecular weight excluding hydrogens is 197 g/mol. The Bertz CT molecular complexity index is 229. The number of halogens is 3. The third kappa shape index (κ3) is 2.37. The lowest BCUT2D eigenvalue weighted by atomic mass is 10.2. The monoisotopic (exact) mass is 210 g/mol. The van der Waals surface area contributed by atoms with E-state index in [9.17, 15) is 18.0 Å². The molecule has 1 fully saturated rings. The fourth-order valence-corrected chi connectivity index (χ4v) is 1.47. The van der Waals surface area contributed by atoms with Crippen LogP contribution >= 0.6 is 0 Å². The molecule has 2 N–H and O–H groups in total. The highest BCUT2D eigenvalue weighted by Gasteiger charge is 2.44. The average molecular weight is 210 g/mol. The molecule has 1 aliphatic rings. The van der Waals surface area contributed by atoms with Crippen LogP contribution in [0, 0.1) is 5.92 Å². The minimum Gasteiger partial charge on any atom is -0.341 e. The Labute approximate surface area is 80.0 Å². The molecule has 2 unspecified atom stereocenters. The summed E-state index contributed by atoms with van der Waals surface area (Å²) < 4.78 is 36.2. The molecular formula is C8H13F3N2O. The third-order valence-electron chi connectivity index (χ3n) is 2.35. The zero-order chi connectivity index (χ0) is 10.9. The molecule has 82 valence electrons. The molecule has 14 heavy (non-hydrogen) atoms. The van der Waals surface area contributed by atoms with E-state index in [1.807, 2.05) is 6.92 Å². The highest BCUT2D eigenvalue weighted by molar-refractivity contribution is 5.82. The van der Waals surface area contributed by atoms with E-state index in [1.165, 1.54) is 4.90 Å². The fourth-order valence-electron chi connectivity index (χ4n) is 1.47. The van der Waals surface area contributed by atoms with Crippen molar-refractivity contribution in [2.45, 2.75) is 25.6 Å². The van der Waals surface area contributed by atoms with Crippen molar-refractivity contribution in [3.8, 4) is 0 Å². The van der Waals surface area contributed by atoms with Crippen molar-refractivity contribution in [1.82, 2.24) is 4.90 Å². The van der Waals surface area contributed by atoms with Crippen molar-refractivity contribution in [3.63, 3.8) is 0 Å². The number of hydrogen-bond acceptors (Lipinski definition) is 2. The van der Waals surface area contributed by atoms with Gasteiger partial charge in [-0.15, -0.1) is 0 Å². The van der Waals surface area contributed by atoms with Gasteiger partial charge in [0.05, 0.1) is 0 Å². The van der Waals surface area contributed by atoms with Gasteiger partial charge in [0.1, 0.15) is 0 Å². The lowest BCUT2D eigenvalue weighted by molar-refractivity contribution is -0.169. The van der Waals surface area contributed by atoms with Crippen LogP contribution in [0.15, 0.2) is 0 Å². The molecule has 1 aliphatic heterocycles. The normalized spacial score (nSPS) is 25.2. The Balaban J connectivity index is 2.57. The smallest absolute Gasteiger partial charge is 0.341 e. The average Bonchev–Trinajstić information content (AvgIpc) is 2.47. The van der Waals surface area contributed by atoms with Crippen LogP contribution < -0.4 is 5.73 Å². The van der Waals surface area contributed by atoms with E-state index in [1.54, 1.807) is 0 Å². The van der Waals surface area contributed by atoms with Crippen molar-refractivity contribution in [1.29, 1.82) is 0 Å². The van der Waals surface area contributed by atoms with Crippen LogP contribution in [0.4, 0.5) is 13.2 Å². The largest absolute Gasteiger partial charge is 0.412 e. The topological polar surface area (TPSA) is 46.3 Å². The highest BCUT2D eigenvalue weighted by atomic mass is 19.4.